The molecule has 0 saturated heterocycles. The van der Waals surface area contributed by atoms with Crippen LogP contribution in [0.5, 0.6) is 0 Å². The van der Waals surface area contributed by atoms with Gasteiger partial charge < -0.3 is 15.6 Å². The maximum atomic E-state index is 9.43. The number of aliphatic hydroxyl groups is 1. The molecular weight excluding hydrogens is 149 g/mol. The van der Waals surface area contributed by atoms with Crippen LogP contribution in [0.4, 0.5) is 4.70 Å². The molecule has 11 heavy (non-hydrogen) atoms. The number of rotatable bonds is 3. The van der Waals surface area contributed by atoms with Gasteiger partial charge in [0, 0.05) is 6.61 Å². The molecule has 3 nitrogen and oxygen atoms in total. The highest BCUT2D eigenvalue weighted by Gasteiger charge is 2.36. The van der Waals surface area contributed by atoms with E-state index in [1.807, 2.05) is 6.92 Å². The molecule has 0 fully saturated rings. The molecule has 70 valence electrons. The van der Waals surface area contributed by atoms with Crippen LogP contribution in [0.2, 0.25) is 0 Å². The highest BCUT2D eigenvalue weighted by Crippen LogP contribution is 2.19. The van der Waals surface area contributed by atoms with Crippen molar-refractivity contribution in [1.29, 1.82) is 0 Å². The van der Waals surface area contributed by atoms with Crippen LogP contribution in [0.25, 0.3) is 0 Å². The SMILES string of the molecule is CCOC(C)(N)C(C)(C)O.F. The topological polar surface area (TPSA) is 55.5 Å². The fourth-order valence-corrected chi connectivity index (χ4v) is 0.476. The molecular formula is C7H18FNO2. The second kappa shape index (κ2) is 3.99. The van der Waals surface area contributed by atoms with Gasteiger partial charge in [0.25, 0.3) is 0 Å². The minimum Gasteiger partial charge on any atom is -0.386 e. The van der Waals surface area contributed by atoms with Crippen molar-refractivity contribution in [3.63, 3.8) is 0 Å². The van der Waals surface area contributed by atoms with Gasteiger partial charge in [-0.15, -0.1) is 0 Å². The average molecular weight is 167 g/mol. The molecule has 0 aromatic heterocycles. The molecule has 0 heterocycles. The predicted octanol–water partition coefficient (Wildman–Crippen LogP) is 0.621. The van der Waals surface area contributed by atoms with Crippen LogP contribution in [0, 0.1) is 0 Å². The highest BCUT2D eigenvalue weighted by molar-refractivity contribution is 4.85. The molecule has 0 amide bonds. The summed E-state index contributed by atoms with van der Waals surface area (Å²) in [7, 11) is 0. The van der Waals surface area contributed by atoms with E-state index < -0.39 is 11.3 Å². The standard InChI is InChI=1S/C7H17NO2.FH/c1-5-10-7(4,8)6(2,3)9;/h9H,5,8H2,1-4H3;1H. The molecule has 1 atom stereocenters. The van der Waals surface area contributed by atoms with Crippen LogP contribution in [0.15, 0.2) is 0 Å². The zero-order chi connectivity index (χ0) is 8.41. The van der Waals surface area contributed by atoms with Gasteiger partial charge in [-0.1, -0.05) is 0 Å². The van der Waals surface area contributed by atoms with Crippen molar-refractivity contribution < 1.29 is 14.5 Å². The van der Waals surface area contributed by atoms with Gasteiger partial charge in [0.2, 0.25) is 0 Å². The second-order valence-electron chi connectivity index (χ2n) is 3.10. The van der Waals surface area contributed by atoms with Gasteiger partial charge in [-0.3, -0.25) is 4.70 Å². The van der Waals surface area contributed by atoms with E-state index in [-0.39, 0.29) is 4.70 Å². The van der Waals surface area contributed by atoms with Crippen LogP contribution in [-0.2, 0) is 4.74 Å². The van der Waals surface area contributed by atoms with Gasteiger partial charge in [-0.05, 0) is 27.7 Å². The molecule has 0 aliphatic heterocycles. The summed E-state index contributed by atoms with van der Waals surface area (Å²) in [4.78, 5) is 0. The summed E-state index contributed by atoms with van der Waals surface area (Å²) in [6, 6.07) is 0. The molecule has 0 aromatic rings. The van der Waals surface area contributed by atoms with Crippen molar-refractivity contribution in [2.75, 3.05) is 6.61 Å². The fraction of sp³-hybridized carbons (Fsp3) is 1.00. The largest absolute Gasteiger partial charge is 0.386 e. The summed E-state index contributed by atoms with van der Waals surface area (Å²) >= 11 is 0. The van der Waals surface area contributed by atoms with Crippen molar-refractivity contribution >= 4 is 0 Å². The monoisotopic (exact) mass is 167 g/mol. The normalized spacial score (nSPS) is 16.9. The third kappa shape index (κ3) is 3.65. The average Bonchev–Trinajstić information content (AvgIpc) is 1.61. The lowest BCUT2D eigenvalue weighted by Crippen LogP contribution is -2.56. The zero-order valence-electron chi connectivity index (χ0n) is 7.55. The van der Waals surface area contributed by atoms with Gasteiger partial charge in [0.15, 0.2) is 0 Å². The highest BCUT2D eigenvalue weighted by atomic mass is 19.0. The molecule has 0 aromatic carbocycles. The van der Waals surface area contributed by atoms with E-state index in [1.165, 1.54) is 0 Å². The van der Waals surface area contributed by atoms with E-state index in [4.69, 9.17) is 10.5 Å². The zero-order valence-corrected chi connectivity index (χ0v) is 7.55. The van der Waals surface area contributed by atoms with Crippen molar-refractivity contribution in [1.82, 2.24) is 0 Å². The van der Waals surface area contributed by atoms with Gasteiger partial charge in [0.05, 0.1) is 0 Å². The van der Waals surface area contributed by atoms with E-state index in [1.54, 1.807) is 20.8 Å². The van der Waals surface area contributed by atoms with E-state index in [0.717, 1.165) is 0 Å². The van der Waals surface area contributed by atoms with Crippen molar-refractivity contribution in [3.8, 4) is 0 Å². The minimum absolute atomic E-state index is 0. The van der Waals surface area contributed by atoms with Crippen LogP contribution in [-0.4, -0.2) is 23.0 Å². The van der Waals surface area contributed by atoms with Gasteiger partial charge in [-0.25, -0.2) is 0 Å². The number of halogens is 1. The number of ether oxygens (including phenoxy) is 1. The lowest BCUT2D eigenvalue weighted by Gasteiger charge is -2.36. The number of nitrogens with two attached hydrogens (primary N) is 1. The molecule has 4 heteroatoms. The van der Waals surface area contributed by atoms with Crippen molar-refractivity contribution in [3.05, 3.63) is 0 Å². The van der Waals surface area contributed by atoms with Crippen LogP contribution in [0.1, 0.15) is 27.7 Å². The maximum Gasteiger partial charge on any atom is 0.142 e. The first kappa shape index (κ1) is 13.4. The summed E-state index contributed by atoms with van der Waals surface area (Å²) in [5.41, 5.74) is 3.68. The number of hydrogen-bond acceptors (Lipinski definition) is 3. The first-order chi connectivity index (χ1) is 4.31. The van der Waals surface area contributed by atoms with Crippen LogP contribution < -0.4 is 5.73 Å². The van der Waals surface area contributed by atoms with E-state index in [9.17, 15) is 5.11 Å². The smallest absolute Gasteiger partial charge is 0.142 e. The van der Waals surface area contributed by atoms with E-state index >= 15 is 0 Å². The second-order valence-corrected chi connectivity index (χ2v) is 3.10. The molecule has 0 saturated carbocycles. The molecule has 0 bridgehead atoms. The van der Waals surface area contributed by atoms with Gasteiger partial charge >= 0.3 is 0 Å². The Morgan fingerprint density at radius 2 is 1.73 bits per heavy atom. The summed E-state index contributed by atoms with van der Waals surface area (Å²) in [5, 5.41) is 9.43. The van der Waals surface area contributed by atoms with Crippen LogP contribution in [0.3, 0.4) is 0 Å². The van der Waals surface area contributed by atoms with Crippen LogP contribution >= 0.6 is 0 Å². The summed E-state index contributed by atoms with van der Waals surface area (Å²) in [6.07, 6.45) is 0. The Labute approximate surface area is 66.9 Å². The lowest BCUT2D eigenvalue weighted by molar-refractivity contribution is -0.151. The fourth-order valence-electron chi connectivity index (χ4n) is 0.476. The van der Waals surface area contributed by atoms with Gasteiger partial charge in [-0.2, -0.15) is 0 Å². The first-order valence-corrected chi connectivity index (χ1v) is 3.46. The summed E-state index contributed by atoms with van der Waals surface area (Å²) < 4.78 is 5.12. The Hall–Kier alpha value is -0.190. The predicted molar refractivity (Wildman–Crippen MR) is 43.0 cm³/mol. The Morgan fingerprint density at radius 3 is 1.82 bits per heavy atom. The first-order valence-electron chi connectivity index (χ1n) is 3.46. The Bertz CT molecular complexity index is 109. The molecule has 1 unspecified atom stereocenters. The van der Waals surface area contributed by atoms with E-state index in [2.05, 4.69) is 0 Å². The summed E-state index contributed by atoms with van der Waals surface area (Å²) in [5.74, 6) is 0. The molecule has 0 aliphatic rings. The quantitative estimate of drug-likeness (QED) is 0.606. The lowest BCUT2D eigenvalue weighted by atomic mass is 9.97. The summed E-state index contributed by atoms with van der Waals surface area (Å²) in [6.45, 7) is 7.27. The Morgan fingerprint density at radius 1 is 1.36 bits per heavy atom. The minimum atomic E-state index is -0.997. The molecule has 0 radical (unpaired) electrons. The molecule has 3 N–H and O–H groups in total. The van der Waals surface area contributed by atoms with Crippen molar-refractivity contribution in [2.24, 2.45) is 5.73 Å². The van der Waals surface area contributed by atoms with Crippen molar-refractivity contribution in [2.45, 2.75) is 39.0 Å². The molecule has 0 spiro atoms. The van der Waals surface area contributed by atoms with E-state index in [0.29, 0.717) is 6.61 Å². The molecule has 0 aliphatic carbocycles. The number of hydrogen-bond donors (Lipinski definition) is 2. The third-order valence-corrected chi connectivity index (χ3v) is 1.66. The maximum absolute atomic E-state index is 9.43. The Balaban J connectivity index is 0. The van der Waals surface area contributed by atoms with Gasteiger partial charge in [0.1, 0.15) is 11.3 Å². The Kier molecular flexibility index (Phi) is 4.86. The third-order valence-electron chi connectivity index (χ3n) is 1.66. The molecule has 0 rings (SSSR count).